The maximum Gasteiger partial charge on any atom is 0.321 e. The maximum atomic E-state index is 13.2. The van der Waals surface area contributed by atoms with Crippen LogP contribution < -0.4 is 20.9 Å². The van der Waals surface area contributed by atoms with Gasteiger partial charge in [0, 0.05) is 29.0 Å². The van der Waals surface area contributed by atoms with Crippen molar-refractivity contribution in [3.05, 3.63) is 59.4 Å². The molecule has 1 unspecified atom stereocenters. The number of hydrogen-bond acceptors (Lipinski definition) is 4. The Morgan fingerprint density at radius 2 is 1.75 bits per heavy atom. The Balaban J connectivity index is 1.76. The number of benzene rings is 2. The quantitative estimate of drug-likeness (QED) is 0.674. The van der Waals surface area contributed by atoms with E-state index in [0.717, 1.165) is 24.1 Å². The lowest BCUT2D eigenvalue weighted by Crippen LogP contribution is -2.54. The Labute approximate surface area is 187 Å². The molecule has 0 spiro atoms. The molecule has 0 bridgehead atoms. The predicted octanol–water partition coefficient (Wildman–Crippen LogP) is 3.84. The van der Waals surface area contributed by atoms with Gasteiger partial charge >= 0.3 is 6.03 Å². The second-order valence-electron chi connectivity index (χ2n) is 8.93. The van der Waals surface area contributed by atoms with Crippen LogP contribution in [-0.2, 0) is 11.2 Å². The van der Waals surface area contributed by atoms with Crippen LogP contribution in [0.25, 0.3) is 0 Å². The molecule has 0 aromatic heterocycles. The van der Waals surface area contributed by atoms with Gasteiger partial charge in [-0.1, -0.05) is 6.07 Å². The van der Waals surface area contributed by atoms with Crippen molar-refractivity contribution in [2.45, 2.75) is 52.1 Å². The van der Waals surface area contributed by atoms with Crippen LogP contribution in [0, 0.1) is 5.82 Å². The molecular weight excluding hydrogens is 411 g/mol. The highest BCUT2D eigenvalue weighted by Gasteiger charge is 2.29. The van der Waals surface area contributed by atoms with Gasteiger partial charge < -0.3 is 15.5 Å². The summed E-state index contributed by atoms with van der Waals surface area (Å²) in [5.41, 5.74) is 2.32. The number of imide groups is 1. The highest BCUT2D eigenvalue weighted by Crippen LogP contribution is 2.34. The topological polar surface area (TPSA) is 90.5 Å². The van der Waals surface area contributed by atoms with Gasteiger partial charge in [0.2, 0.25) is 5.91 Å². The molecule has 7 nitrogen and oxygen atoms in total. The third-order valence-corrected chi connectivity index (χ3v) is 5.21. The standard InChI is InChI=1S/C24H29FN4O3/c1-15(21(30)27-23(32)28-24(2,3)4)29-14-6-7-18-19(8-5-9-20(18)29)26-22(31)16-10-12-17(25)13-11-16/h5,8-13,15H,6-7,14H2,1-4H3,(H,26,31)(H2,27,28,30,32). The molecule has 170 valence electrons. The third-order valence-electron chi connectivity index (χ3n) is 5.21. The Hall–Kier alpha value is -3.42. The molecule has 3 rings (SSSR count). The minimum atomic E-state index is -0.581. The SMILES string of the molecule is CC(C(=O)NC(=O)NC(C)(C)C)N1CCCc2c(NC(=O)c3ccc(F)cc3)cccc21. The number of urea groups is 1. The highest BCUT2D eigenvalue weighted by molar-refractivity contribution is 6.05. The fourth-order valence-electron chi connectivity index (χ4n) is 3.70. The summed E-state index contributed by atoms with van der Waals surface area (Å²) in [6, 6.07) is 9.76. The van der Waals surface area contributed by atoms with Gasteiger partial charge in [0.25, 0.3) is 5.91 Å². The van der Waals surface area contributed by atoms with Gasteiger partial charge in [0.05, 0.1) is 0 Å². The van der Waals surface area contributed by atoms with Crippen LogP contribution in [0.5, 0.6) is 0 Å². The maximum absolute atomic E-state index is 13.2. The minimum Gasteiger partial charge on any atom is -0.359 e. The summed E-state index contributed by atoms with van der Waals surface area (Å²) in [6.07, 6.45) is 1.53. The zero-order valence-corrected chi connectivity index (χ0v) is 18.8. The summed E-state index contributed by atoms with van der Waals surface area (Å²) in [5, 5.41) is 8.02. The lowest BCUT2D eigenvalue weighted by Gasteiger charge is -2.36. The number of fused-ring (bicyclic) bond motifs is 1. The summed E-state index contributed by atoms with van der Waals surface area (Å²) in [5.74, 6) is -1.14. The molecule has 1 aliphatic heterocycles. The van der Waals surface area contributed by atoms with Gasteiger partial charge in [0.15, 0.2) is 0 Å². The molecule has 0 saturated heterocycles. The molecule has 2 aromatic carbocycles. The Kier molecular flexibility index (Phi) is 6.81. The normalized spacial score (nSPS) is 14.2. The number of anilines is 2. The summed E-state index contributed by atoms with van der Waals surface area (Å²) >= 11 is 0. The molecule has 8 heteroatoms. The van der Waals surface area contributed by atoms with Crippen LogP contribution in [0.2, 0.25) is 0 Å². The lowest BCUT2D eigenvalue weighted by atomic mass is 9.97. The van der Waals surface area contributed by atoms with Gasteiger partial charge in [-0.2, -0.15) is 0 Å². The Morgan fingerprint density at radius 3 is 2.41 bits per heavy atom. The first kappa shape index (κ1) is 23.2. The summed E-state index contributed by atoms with van der Waals surface area (Å²) in [6.45, 7) is 7.91. The second kappa shape index (κ2) is 9.38. The third kappa shape index (κ3) is 5.63. The molecule has 0 radical (unpaired) electrons. The number of rotatable bonds is 4. The van der Waals surface area contributed by atoms with Crippen molar-refractivity contribution >= 4 is 29.2 Å². The van der Waals surface area contributed by atoms with Crippen LogP contribution in [0.1, 0.15) is 50.0 Å². The van der Waals surface area contributed by atoms with Crippen molar-refractivity contribution in [1.29, 1.82) is 0 Å². The molecular formula is C24H29FN4O3. The van der Waals surface area contributed by atoms with Gasteiger partial charge in [-0.3, -0.25) is 14.9 Å². The van der Waals surface area contributed by atoms with Crippen LogP contribution >= 0.6 is 0 Å². The van der Waals surface area contributed by atoms with Crippen molar-refractivity contribution in [3.8, 4) is 0 Å². The zero-order valence-electron chi connectivity index (χ0n) is 18.8. The lowest BCUT2D eigenvalue weighted by molar-refractivity contribution is -0.121. The number of halogens is 1. The molecule has 32 heavy (non-hydrogen) atoms. The molecule has 1 atom stereocenters. The Morgan fingerprint density at radius 1 is 1.06 bits per heavy atom. The molecule has 2 aromatic rings. The number of amides is 4. The summed E-state index contributed by atoms with van der Waals surface area (Å²) in [7, 11) is 0. The monoisotopic (exact) mass is 440 g/mol. The molecule has 4 amide bonds. The number of carbonyl (C=O) groups is 3. The number of nitrogens with zero attached hydrogens (tertiary/aromatic N) is 1. The van der Waals surface area contributed by atoms with Gasteiger partial charge in [-0.05, 0) is 82.5 Å². The fourth-order valence-corrected chi connectivity index (χ4v) is 3.70. The predicted molar refractivity (Wildman–Crippen MR) is 122 cm³/mol. The summed E-state index contributed by atoms with van der Waals surface area (Å²) < 4.78 is 13.2. The highest BCUT2D eigenvalue weighted by atomic mass is 19.1. The number of nitrogens with one attached hydrogen (secondary N) is 3. The van der Waals surface area contributed by atoms with Crippen molar-refractivity contribution in [3.63, 3.8) is 0 Å². The van der Waals surface area contributed by atoms with Crippen molar-refractivity contribution in [1.82, 2.24) is 10.6 Å². The van der Waals surface area contributed by atoms with Crippen molar-refractivity contribution < 1.29 is 18.8 Å². The van der Waals surface area contributed by atoms with E-state index in [2.05, 4.69) is 16.0 Å². The first-order valence-electron chi connectivity index (χ1n) is 10.6. The number of hydrogen-bond donors (Lipinski definition) is 3. The molecule has 0 aliphatic carbocycles. The minimum absolute atomic E-state index is 0.333. The molecule has 1 aliphatic rings. The van der Waals surface area contributed by atoms with E-state index in [0.29, 0.717) is 17.8 Å². The van der Waals surface area contributed by atoms with E-state index < -0.39 is 29.3 Å². The summed E-state index contributed by atoms with van der Waals surface area (Å²) in [4.78, 5) is 39.4. The zero-order chi connectivity index (χ0) is 23.5. The molecule has 0 saturated carbocycles. The van der Waals surface area contributed by atoms with Crippen molar-refractivity contribution in [2.75, 3.05) is 16.8 Å². The van der Waals surface area contributed by atoms with Gasteiger partial charge in [-0.25, -0.2) is 9.18 Å². The second-order valence-corrected chi connectivity index (χ2v) is 8.93. The number of carbonyl (C=O) groups excluding carboxylic acids is 3. The van der Waals surface area contributed by atoms with Gasteiger partial charge in [-0.15, -0.1) is 0 Å². The van der Waals surface area contributed by atoms with Crippen LogP contribution in [0.15, 0.2) is 42.5 Å². The van der Waals surface area contributed by atoms with Gasteiger partial charge in [0.1, 0.15) is 11.9 Å². The van der Waals surface area contributed by atoms with E-state index in [1.54, 1.807) is 6.92 Å². The molecule has 1 heterocycles. The van der Waals surface area contributed by atoms with E-state index in [4.69, 9.17) is 0 Å². The molecule has 0 fully saturated rings. The smallest absolute Gasteiger partial charge is 0.321 e. The largest absolute Gasteiger partial charge is 0.359 e. The first-order valence-corrected chi connectivity index (χ1v) is 10.6. The van der Waals surface area contributed by atoms with Crippen LogP contribution in [0.3, 0.4) is 0 Å². The fraction of sp³-hybridized carbons (Fsp3) is 0.375. The first-order chi connectivity index (χ1) is 15.0. The van der Waals surface area contributed by atoms with E-state index in [9.17, 15) is 18.8 Å². The van der Waals surface area contributed by atoms with E-state index >= 15 is 0 Å². The van der Waals surface area contributed by atoms with Crippen molar-refractivity contribution in [2.24, 2.45) is 0 Å². The van der Waals surface area contributed by atoms with E-state index in [-0.39, 0.29) is 5.91 Å². The average molecular weight is 441 g/mol. The molecule has 3 N–H and O–H groups in total. The average Bonchev–Trinajstić information content (AvgIpc) is 2.72. The van der Waals surface area contributed by atoms with E-state index in [1.165, 1.54) is 24.3 Å². The van der Waals surface area contributed by atoms with Crippen LogP contribution in [0.4, 0.5) is 20.6 Å². The van der Waals surface area contributed by atoms with E-state index in [1.807, 2.05) is 43.9 Å². The Bertz CT molecular complexity index is 1010. The van der Waals surface area contributed by atoms with Crippen LogP contribution in [-0.4, -0.2) is 36.0 Å².